The van der Waals surface area contributed by atoms with E-state index in [1.165, 1.54) is 0 Å². The standard InChI is InChI=1S/C22H16O2S/c23-20(16-10-4-1-5-11-16)19(21(24)17-12-6-2-7-13-17)22(25)18-14-8-3-9-15-18/h1-15,19H. The molecule has 0 heterocycles. The molecule has 0 fully saturated rings. The first kappa shape index (κ1) is 16.9. The highest BCUT2D eigenvalue weighted by molar-refractivity contribution is 7.81. The topological polar surface area (TPSA) is 34.1 Å². The first-order valence-electron chi connectivity index (χ1n) is 7.96. The Labute approximate surface area is 152 Å². The number of benzene rings is 3. The molecule has 0 N–H and O–H groups in total. The summed E-state index contributed by atoms with van der Waals surface area (Å²) in [5.74, 6) is -1.56. The minimum Gasteiger partial charge on any atom is -0.293 e. The largest absolute Gasteiger partial charge is 0.293 e. The molecule has 2 nitrogen and oxygen atoms in total. The maximum atomic E-state index is 13.1. The van der Waals surface area contributed by atoms with Crippen LogP contribution in [0.1, 0.15) is 26.3 Å². The summed E-state index contributed by atoms with van der Waals surface area (Å²) in [4.78, 5) is 26.5. The lowest BCUT2D eigenvalue weighted by atomic mass is 9.85. The molecule has 3 aromatic carbocycles. The highest BCUT2D eigenvalue weighted by atomic mass is 32.1. The second kappa shape index (κ2) is 7.77. The zero-order valence-electron chi connectivity index (χ0n) is 13.5. The molecule has 0 unspecified atom stereocenters. The molecule has 0 aromatic heterocycles. The second-order valence-electron chi connectivity index (χ2n) is 5.62. The number of thiocarbonyl (C=S) groups is 1. The molecule has 0 spiro atoms. The Kier molecular flexibility index (Phi) is 5.26. The van der Waals surface area contributed by atoms with Gasteiger partial charge in [-0.25, -0.2) is 0 Å². The molecule has 0 amide bonds. The van der Waals surface area contributed by atoms with Gasteiger partial charge in [-0.15, -0.1) is 0 Å². The Morgan fingerprint density at radius 1 is 0.560 bits per heavy atom. The van der Waals surface area contributed by atoms with Crippen molar-refractivity contribution in [2.75, 3.05) is 0 Å². The summed E-state index contributed by atoms with van der Waals surface area (Å²) in [5.41, 5.74) is 1.68. The van der Waals surface area contributed by atoms with E-state index in [4.69, 9.17) is 12.2 Å². The van der Waals surface area contributed by atoms with Gasteiger partial charge in [0.25, 0.3) is 0 Å². The predicted octanol–water partition coefficient (Wildman–Crippen LogP) is 4.79. The Morgan fingerprint density at radius 2 is 0.880 bits per heavy atom. The fourth-order valence-electron chi connectivity index (χ4n) is 2.66. The summed E-state index contributed by atoms with van der Waals surface area (Å²) < 4.78 is 0. The van der Waals surface area contributed by atoms with E-state index < -0.39 is 5.92 Å². The van der Waals surface area contributed by atoms with Crippen molar-refractivity contribution in [2.45, 2.75) is 0 Å². The Morgan fingerprint density at radius 3 is 1.24 bits per heavy atom. The van der Waals surface area contributed by atoms with E-state index in [0.29, 0.717) is 16.0 Å². The number of Topliss-reactive ketones (excluding diaryl/α,β-unsaturated/α-hetero) is 2. The third kappa shape index (κ3) is 3.78. The van der Waals surface area contributed by atoms with Gasteiger partial charge >= 0.3 is 0 Å². The normalized spacial score (nSPS) is 10.4. The molecule has 25 heavy (non-hydrogen) atoms. The number of hydrogen-bond acceptors (Lipinski definition) is 3. The summed E-state index contributed by atoms with van der Waals surface area (Å²) in [6, 6.07) is 26.8. The van der Waals surface area contributed by atoms with Crippen molar-refractivity contribution in [3.63, 3.8) is 0 Å². The van der Waals surface area contributed by atoms with Gasteiger partial charge in [-0.05, 0) is 5.56 Å². The average Bonchev–Trinajstić information content (AvgIpc) is 2.70. The van der Waals surface area contributed by atoms with E-state index in [2.05, 4.69) is 0 Å². The fraction of sp³-hybridized carbons (Fsp3) is 0.0455. The van der Waals surface area contributed by atoms with Gasteiger partial charge in [0.15, 0.2) is 11.6 Å². The van der Waals surface area contributed by atoms with Crippen LogP contribution >= 0.6 is 12.2 Å². The molecule has 0 atom stereocenters. The van der Waals surface area contributed by atoms with Gasteiger partial charge in [0.2, 0.25) is 0 Å². The Hall–Kier alpha value is -2.91. The van der Waals surface area contributed by atoms with Gasteiger partial charge in [-0.1, -0.05) is 103 Å². The molecule has 122 valence electrons. The SMILES string of the molecule is O=C(c1ccccc1)C(C(=O)c1ccccc1)C(=S)c1ccccc1. The van der Waals surface area contributed by atoms with E-state index in [1.54, 1.807) is 48.5 Å². The molecule has 0 saturated carbocycles. The predicted molar refractivity (Wildman–Crippen MR) is 103 cm³/mol. The van der Waals surface area contributed by atoms with Crippen molar-refractivity contribution in [3.05, 3.63) is 108 Å². The van der Waals surface area contributed by atoms with E-state index >= 15 is 0 Å². The number of carbonyl (C=O) groups is 2. The molecule has 3 heteroatoms. The van der Waals surface area contributed by atoms with Crippen molar-refractivity contribution >= 4 is 28.6 Å². The van der Waals surface area contributed by atoms with E-state index in [-0.39, 0.29) is 11.6 Å². The third-order valence-electron chi connectivity index (χ3n) is 3.96. The third-order valence-corrected chi connectivity index (χ3v) is 4.43. The van der Waals surface area contributed by atoms with Gasteiger partial charge in [-0.2, -0.15) is 0 Å². The number of ketones is 2. The summed E-state index contributed by atoms with van der Waals surface area (Å²) in [5, 5.41) is 0. The highest BCUT2D eigenvalue weighted by Gasteiger charge is 2.32. The van der Waals surface area contributed by atoms with Crippen LogP contribution in [0.15, 0.2) is 91.0 Å². The molecule has 0 radical (unpaired) electrons. The van der Waals surface area contributed by atoms with Crippen LogP contribution in [-0.2, 0) is 0 Å². The lowest BCUT2D eigenvalue weighted by Crippen LogP contribution is -2.31. The lowest BCUT2D eigenvalue weighted by molar-refractivity contribution is 0.0855. The molecular weight excluding hydrogens is 328 g/mol. The minimum atomic E-state index is -1.01. The Bertz CT molecular complexity index is 765. The van der Waals surface area contributed by atoms with Crippen LogP contribution in [0.3, 0.4) is 0 Å². The molecule has 3 aromatic rings. The van der Waals surface area contributed by atoms with Crippen molar-refractivity contribution in [1.29, 1.82) is 0 Å². The van der Waals surface area contributed by atoms with Crippen LogP contribution in [-0.4, -0.2) is 16.4 Å². The minimum absolute atomic E-state index is 0.275. The maximum absolute atomic E-state index is 13.1. The van der Waals surface area contributed by atoms with Crippen molar-refractivity contribution in [2.24, 2.45) is 5.92 Å². The fourth-order valence-corrected chi connectivity index (χ4v) is 3.01. The second-order valence-corrected chi connectivity index (χ2v) is 6.06. The maximum Gasteiger partial charge on any atom is 0.179 e. The van der Waals surface area contributed by atoms with Crippen LogP contribution in [0.2, 0.25) is 0 Å². The highest BCUT2D eigenvalue weighted by Crippen LogP contribution is 2.21. The van der Waals surface area contributed by atoms with E-state index in [0.717, 1.165) is 5.56 Å². The van der Waals surface area contributed by atoms with Crippen LogP contribution in [0.25, 0.3) is 0 Å². The van der Waals surface area contributed by atoms with Crippen molar-refractivity contribution in [3.8, 4) is 0 Å². The van der Waals surface area contributed by atoms with Gasteiger partial charge in [0, 0.05) is 16.0 Å². The quantitative estimate of drug-likeness (QED) is 0.366. The van der Waals surface area contributed by atoms with E-state index in [1.807, 2.05) is 42.5 Å². The zero-order valence-corrected chi connectivity index (χ0v) is 14.3. The Balaban J connectivity index is 2.04. The monoisotopic (exact) mass is 344 g/mol. The number of rotatable bonds is 6. The zero-order chi connectivity index (χ0) is 17.6. The van der Waals surface area contributed by atoms with Crippen LogP contribution in [0, 0.1) is 5.92 Å². The van der Waals surface area contributed by atoms with Crippen LogP contribution < -0.4 is 0 Å². The van der Waals surface area contributed by atoms with Gasteiger partial charge in [0.1, 0.15) is 5.92 Å². The molecule has 0 saturated heterocycles. The van der Waals surface area contributed by atoms with Crippen LogP contribution in [0.4, 0.5) is 0 Å². The van der Waals surface area contributed by atoms with Gasteiger partial charge in [-0.3, -0.25) is 9.59 Å². The smallest absolute Gasteiger partial charge is 0.179 e. The number of hydrogen-bond donors (Lipinski definition) is 0. The first-order chi connectivity index (χ1) is 12.2. The summed E-state index contributed by atoms with van der Waals surface area (Å²) >= 11 is 5.55. The first-order valence-corrected chi connectivity index (χ1v) is 8.37. The molecule has 0 aliphatic rings. The average molecular weight is 344 g/mol. The number of carbonyl (C=O) groups excluding carboxylic acids is 2. The molecule has 0 bridgehead atoms. The summed E-state index contributed by atoms with van der Waals surface area (Å²) in [6.45, 7) is 0. The molecule has 0 aliphatic heterocycles. The molecule has 0 aliphatic carbocycles. The molecule has 3 rings (SSSR count). The molecular formula is C22H16O2S. The van der Waals surface area contributed by atoms with Crippen LogP contribution in [0.5, 0.6) is 0 Å². The lowest BCUT2D eigenvalue weighted by Gasteiger charge is -2.17. The van der Waals surface area contributed by atoms with Gasteiger partial charge in [0.05, 0.1) is 0 Å². The summed E-state index contributed by atoms with van der Waals surface area (Å²) in [7, 11) is 0. The van der Waals surface area contributed by atoms with Gasteiger partial charge < -0.3 is 0 Å². The van der Waals surface area contributed by atoms with E-state index in [9.17, 15) is 9.59 Å². The summed E-state index contributed by atoms with van der Waals surface area (Å²) in [6.07, 6.45) is 0. The van der Waals surface area contributed by atoms with Crippen molar-refractivity contribution < 1.29 is 9.59 Å². The van der Waals surface area contributed by atoms with Crippen molar-refractivity contribution in [1.82, 2.24) is 0 Å².